The van der Waals surface area contributed by atoms with Gasteiger partial charge in [0.1, 0.15) is 5.70 Å². The van der Waals surface area contributed by atoms with E-state index in [1.165, 1.54) is 24.3 Å². The second-order valence-corrected chi connectivity index (χ2v) is 8.03. The number of halogens is 4. The zero-order valence-corrected chi connectivity index (χ0v) is 18.2. The van der Waals surface area contributed by atoms with Crippen molar-refractivity contribution in [2.45, 2.75) is 12.6 Å². The zero-order valence-electron chi connectivity index (χ0n) is 16.6. The Morgan fingerprint density at radius 1 is 1.06 bits per heavy atom. The van der Waals surface area contributed by atoms with Crippen LogP contribution in [0, 0.1) is 0 Å². The first-order valence-corrected chi connectivity index (χ1v) is 10.7. The van der Waals surface area contributed by atoms with Crippen molar-refractivity contribution in [3.8, 4) is 0 Å². The minimum atomic E-state index is -4.71. The first kappa shape index (κ1) is 23.6. The third-order valence-corrected chi connectivity index (χ3v) is 5.55. The molecule has 166 valence electrons. The van der Waals surface area contributed by atoms with Gasteiger partial charge in [0.15, 0.2) is 0 Å². The molecule has 0 fully saturated rings. The topological polar surface area (TPSA) is 64.7 Å². The smallest absolute Gasteiger partial charge is 0.430 e. The molecule has 0 aliphatic rings. The van der Waals surface area contributed by atoms with Crippen LogP contribution in [-0.2, 0) is 11.2 Å². The summed E-state index contributed by atoms with van der Waals surface area (Å²) in [6, 6.07) is 16.2. The summed E-state index contributed by atoms with van der Waals surface area (Å²) in [4.78, 5) is 17.6. The molecule has 0 bridgehead atoms. The van der Waals surface area contributed by atoms with Gasteiger partial charge in [-0.05, 0) is 41.8 Å². The number of carbonyl (C=O) groups is 1. The van der Waals surface area contributed by atoms with Crippen LogP contribution in [0.1, 0.15) is 20.8 Å². The first-order valence-electron chi connectivity index (χ1n) is 9.41. The largest absolute Gasteiger partial charge is 0.462 e. The van der Waals surface area contributed by atoms with Gasteiger partial charge in [-0.25, -0.2) is 9.79 Å². The normalized spacial score (nSPS) is 12.6. The van der Waals surface area contributed by atoms with Gasteiger partial charge in [-0.1, -0.05) is 41.9 Å². The molecule has 0 atom stereocenters. The molecule has 0 spiro atoms. The van der Waals surface area contributed by atoms with Crippen LogP contribution in [0.5, 0.6) is 0 Å². The SMILES string of the molecule is NC(=CC(=Nc1ccccc1Cl)c1ccc(C(=O)OCCc2cccs2)cc1)C(F)(F)F. The van der Waals surface area contributed by atoms with Gasteiger partial charge >= 0.3 is 12.1 Å². The molecule has 3 rings (SSSR count). The molecule has 0 saturated carbocycles. The van der Waals surface area contributed by atoms with Gasteiger partial charge in [-0.2, -0.15) is 13.2 Å². The maximum atomic E-state index is 13.0. The number of allylic oxidation sites excluding steroid dienone is 2. The van der Waals surface area contributed by atoms with Gasteiger partial charge in [0.25, 0.3) is 0 Å². The van der Waals surface area contributed by atoms with Crippen molar-refractivity contribution >= 4 is 40.3 Å². The number of hydrogen-bond acceptors (Lipinski definition) is 5. The minimum Gasteiger partial charge on any atom is -0.462 e. The van der Waals surface area contributed by atoms with Crippen molar-refractivity contribution in [1.29, 1.82) is 0 Å². The van der Waals surface area contributed by atoms with Crippen molar-refractivity contribution in [3.63, 3.8) is 0 Å². The van der Waals surface area contributed by atoms with E-state index in [1.807, 2.05) is 17.5 Å². The van der Waals surface area contributed by atoms with Crippen LogP contribution in [0.25, 0.3) is 0 Å². The standard InChI is InChI=1S/C23H18ClF3N2O2S/c24-18-5-1-2-6-19(18)29-20(14-21(28)23(25,26)27)15-7-9-16(10-8-15)22(30)31-12-11-17-4-3-13-32-17/h1-10,13-14H,11-12,28H2. The summed E-state index contributed by atoms with van der Waals surface area (Å²) in [5.74, 6) is -0.525. The average Bonchev–Trinajstić information content (AvgIpc) is 3.27. The summed E-state index contributed by atoms with van der Waals surface area (Å²) < 4.78 is 44.3. The van der Waals surface area contributed by atoms with Gasteiger partial charge in [0, 0.05) is 16.9 Å². The molecule has 9 heteroatoms. The summed E-state index contributed by atoms with van der Waals surface area (Å²) in [5, 5.41) is 2.22. The minimum absolute atomic E-state index is 0.0504. The Kier molecular flexibility index (Phi) is 7.71. The molecule has 1 aromatic heterocycles. The number of para-hydroxylation sites is 1. The van der Waals surface area contributed by atoms with Gasteiger partial charge < -0.3 is 10.5 Å². The van der Waals surface area contributed by atoms with E-state index in [0.717, 1.165) is 11.0 Å². The average molecular weight is 479 g/mol. The summed E-state index contributed by atoms with van der Waals surface area (Å²) in [7, 11) is 0. The molecule has 0 aliphatic carbocycles. The number of benzene rings is 2. The lowest BCUT2D eigenvalue weighted by atomic mass is 10.1. The fraction of sp³-hybridized carbons (Fsp3) is 0.130. The van der Waals surface area contributed by atoms with Crippen LogP contribution in [-0.4, -0.2) is 24.5 Å². The Balaban J connectivity index is 1.82. The fourth-order valence-electron chi connectivity index (χ4n) is 2.64. The second kappa shape index (κ2) is 10.5. The lowest BCUT2D eigenvalue weighted by Crippen LogP contribution is -2.21. The third kappa shape index (κ3) is 6.45. The van der Waals surface area contributed by atoms with Crippen molar-refractivity contribution < 1.29 is 22.7 Å². The van der Waals surface area contributed by atoms with Crippen LogP contribution in [0.15, 0.2) is 82.8 Å². The number of ether oxygens (including phenoxy) is 1. The van der Waals surface area contributed by atoms with Crippen molar-refractivity contribution in [2.24, 2.45) is 10.7 Å². The molecule has 0 saturated heterocycles. The highest BCUT2D eigenvalue weighted by atomic mass is 35.5. The number of nitrogens with zero attached hydrogens (tertiary/aromatic N) is 1. The predicted octanol–water partition coefficient (Wildman–Crippen LogP) is 6.33. The van der Waals surface area contributed by atoms with E-state index in [4.69, 9.17) is 22.1 Å². The number of carbonyl (C=O) groups excluding carboxylic acids is 1. The Morgan fingerprint density at radius 3 is 2.38 bits per heavy atom. The number of esters is 1. The van der Waals surface area contributed by atoms with E-state index in [1.54, 1.807) is 35.6 Å². The first-order chi connectivity index (χ1) is 15.2. The van der Waals surface area contributed by atoms with E-state index in [9.17, 15) is 18.0 Å². The van der Waals surface area contributed by atoms with Crippen LogP contribution in [0.3, 0.4) is 0 Å². The summed E-state index contributed by atoms with van der Waals surface area (Å²) in [6.45, 7) is 0.227. The van der Waals surface area contributed by atoms with Gasteiger partial charge in [0.2, 0.25) is 0 Å². The van der Waals surface area contributed by atoms with Gasteiger partial charge in [-0.3, -0.25) is 0 Å². The predicted molar refractivity (Wildman–Crippen MR) is 121 cm³/mol. The highest BCUT2D eigenvalue weighted by Gasteiger charge is 2.31. The molecule has 32 heavy (non-hydrogen) atoms. The molecule has 0 aliphatic heterocycles. The summed E-state index contributed by atoms with van der Waals surface area (Å²) >= 11 is 7.67. The fourth-order valence-corrected chi connectivity index (χ4v) is 3.51. The Hall–Kier alpha value is -3.10. The Labute approximate surface area is 191 Å². The van der Waals surface area contributed by atoms with E-state index in [0.29, 0.717) is 12.0 Å². The number of rotatable bonds is 7. The van der Waals surface area contributed by atoms with Crippen LogP contribution in [0.2, 0.25) is 5.02 Å². The molecule has 2 N–H and O–H groups in total. The number of aliphatic imine (C=N–C) groups is 1. The highest BCUT2D eigenvalue weighted by molar-refractivity contribution is 7.09. The summed E-state index contributed by atoms with van der Waals surface area (Å²) in [6.07, 6.45) is -3.37. The molecule has 1 heterocycles. The van der Waals surface area contributed by atoms with Crippen molar-refractivity contribution in [1.82, 2.24) is 0 Å². The Morgan fingerprint density at radius 2 is 1.75 bits per heavy atom. The summed E-state index contributed by atoms with van der Waals surface area (Å²) in [5.41, 5.74) is 4.73. The molecule has 0 radical (unpaired) electrons. The molecule has 0 amide bonds. The van der Waals surface area contributed by atoms with Crippen LogP contribution < -0.4 is 5.73 Å². The third-order valence-electron chi connectivity index (χ3n) is 4.29. The maximum Gasteiger partial charge on any atom is 0.430 e. The number of nitrogens with two attached hydrogens (primary N) is 1. The Bertz CT molecular complexity index is 1120. The molecular weight excluding hydrogens is 461 g/mol. The quantitative estimate of drug-likeness (QED) is 0.319. The van der Waals surface area contributed by atoms with Crippen molar-refractivity contribution in [2.75, 3.05) is 6.61 Å². The van der Waals surface area contributed by atoms with Gasteiger partial charge in [0.05, 0.1) is 28.6 Å². The van der Waals surface area contributed by atoms with E-state index in [-0.39, 0.29) is 28.6 Å². The van der Waals surface area contributed by atoms with Crippen LogP contribution in [0.4, 0.5) is 18.9 Å². The van der Waals surface area contributed by atoms with E-state index >= 15 is 0 Å². The number of thiophene rings is 1. The highest BCUT2D eigenvalue weighted by Crippen LogP contribution is 2.27. The van der Waals surface area contributed by atoms with Crippen molar-refractivity contribution in [3.05, 3.63) is 98.8 Å². The molecule has 0 unspecified atom stereocenters. The lowest BCUT2D eigenvalue weighted by Gasteiger charge is -2.10. The number of hydrogen-bond donors (Lipinski definition) is 1. The second-order valence-electron chi connectivity index (χ2n) is 6.59. The zero-order chi connectivity index (χ0) is 23.1. The van der Waals surface area contributed by atoms with Gasteiger partial charge in [-0.15, -0.1) is 11.3 Å². The monoisotopic (exact) mass is 478 g/mol. The van der Waals surface area contributed by atoms with E-state index in [2.05, 4.69) is 4.99 Å². The van der Waals surface area contributed by atoms with E-state index < -0.39 is 17.8 Å². The molecule has 3 aromatic rings. The lowest BCUT2D eigenvalue weighted by molar-refractivity contribution is -0.0925. The van der Waals surface area contributed by atoms with Crippen LogP contribution >= 0.6 is 22.9 Å². The molecular formula is C23H18ClF3N2O2S. The molecule has 2 aromatic carbocycles. The molecule has 4 nitrogen and oxygen atoms in total. The maximum absolute atomic E-state index is 13.0. The number of alkyl halides is 3.